The lowest BCUT2D eigenvalue weighted by atomic mass is 10.2. The molecule has 0 atom stereocenters. The van der Waals surface area contributed by atoms with E-state index in [2.05, 4.69) is 0 Å². The number of nitrogen functional groups attached to an aromatic ring is 1. The van der Waals surface area contributed by atoms with Gasteiger partial charge in [0.05, 0.1) is 6.54 Å². The van der Waals surface area contributed by atoms with Crippen LogP contribution in [-0.4, -0.2) is 9.13 Å². The summed E-state index contributed by atoms with van der Waals surface area (Å²) in [5.41, 5.74) is 5.20. The quantitative estimate of drug-likeness (QED) is 0.912. The molecule has 0 bridgehead atoms. The molecule has 1 aromatic carbocycles. The Bertz CT molecular complexity index is 734. The number of rotatable bonds is 4. The van der Waals surface area contributed by atoms with E-state index >= 15 is 0 Å². The van der Waals surface area contributed by atoms with Gasteiger partial charge < -0.3 is 5.73 Å². The van der Waals surface area contributed by atoms with E-state index in [-0.39, 0.29) is 12.2 Å². The molecule has 0 aliphatic rings. The molecule has 106 valence electrons. The standard InChI is InChI=1S/C14H16FN3O2/c1-2-6-17-9-12(16)13(19)18(14(17)20)8-10-4-3-5-11(15)7-10/h3-5,7,9H,2,6,8,16H2,1H3. The van der Waals surface area contributed by atoms with Crippen LogP contribution in [0.15, 0.2) is 40.1 Å². The predicted octanol–water partition coefficient (Wildman–Crippen LogP) is 1.19. The maximum Gasteiger partial charge on any atom is 0.331 e. The highest BCUT2D eigenvalue weighted by molar-refractivity contribution is 5.31. The van der Waals surface area contributed by atoms with Crippen LogP contribution in [-0.2, 0) is 13.1 Å². The lowest BCUT2D eigenvalue weighted by molar-refractivity contribution is 0.570. The van der Waals surface area contributed by atoms with Gasteiger partial charge in [-0.3, -0.25) is 13.9 Å². The number of halogens is 1. The van der Waals surface area contributed by atoms with E-state index < -0.39 is 17.1 Å². The smallest absolute Gasteiger partial charge is 0.331 e. The largest absolute Gasteiger partial charge is 0.393 e. The van der Waals surface area contributed by atoms with E-state index in [4.69, 9.17) is 5.73 Å². The van der Waals surface area contributed by atoms with E-state index in [1.807, 2.05) is 6.92 Å². The third kappa shape index (κ3) is 2.79. The normalized spacial score (nSPS) is 10.7. The molecule has 0 fully saturated rings. The van der Waals surface area contributed by atoms with Crippen molar-refractivity contribution in [2.75, 3.05) is 5.73 Å². The van der Waals surface area contributed by atoms with Gasteiger partial charge in [-0.2, -0.15) is 0 Å². The van der Waals surface area contributed by atoms with Crippen molar-refractivity contribution in [3.05, 3.63) is 62.7 Å². The van der Waals surface area contributed by atoms with E-state index in [0.717, 1.165) is 11.0 Å². The van der Waals surface area contributed by atoms with Gasteiger partial charge in [0.15, 0.2) is 0 Å². The zero-order chi connectivity index (χ0) is 14.7. The van der Waals surface area contributed by atoms with Crippen molar-refractivity contribution in [1.82, 2.24) is 9.13 Å². The Morgan fingerprint density at radius 3 is 2.70 bits per heavy atom. The molecule has 1 heterocycles. The Balaban J connectivity index is 2.51. The summed E-state index contributed by atoms with van der Waals surface area (Å²) in [6.07, 6.45) is 2.10. The van der Waals surface area contributed by atoms with Crippen molar-refractivity contribution >= 4 is 5.69 Å². The van der Waals surface area contributed by atoms with E-state index in [0.29, 0.717) is 12.1 Å². The summed E-state index contributed by atoms with van der Waals surface area (Å²) in [7, 11) is 0. The van der Waals surface area contributed by atoms with E-state index in [9.17, 15) is 14.0 Å². The first-order valence-electron chi connectivity index (χ1n) is 6.37. The number of anilines is 1. The van der Waals surface area contributed by atoms with E-state index in [1.54, 1.807) is 6.07 Å². The van der Waals surface area contributed by atoms with Crippen LogP contribution in [0.5, 0.6) is 0 Å². The maximum atomic E-state index is 13.2. The number of nitrogens with zero attached hydrogens (tertiary/aromatic N) is 2. The molecular formula is C14H16FN3O2. The Kier molecular flexibility index (Phi) is 4.02. The van der Waals surface area contributed by atoms with Crippen molar-refractivity contribution in [3.63, 3.8) is 0 Å². The molecule has 1 aromatic heterocycles. The average Bonchev–Trinajstić information content (AvgIpc) is 2.41. The lowest BCUT2D eigenvalue weighted by Crippen LogP contribution is -2.40. The van der Waals surface area contributed by atoms with Crippen molar-refractivity contribution in [1.29, 1.82) is 0 Å². The van der Waals surface area contributed by atoms with Gasteiger partial charge >= 0.3 is 5.69 Å². The molecular weight excluding hydrogens is 261 g/mol. The molecule has 0 radical (unpaired) electrons. The topological polar surface area (TPSA) is 70.0 Å². The van der Waals surface area contributed by atoms with Crippen LogP contribution in [0.2, 0.25) is 0 Å². The molecule has 0 unspecified atom stereocenters. The fourth-order valence-corrected chi connectivity index (χ4v) is 2.03. The Labute approximate surface area is 115 Å². The summed E-state index contributed by atoms with van der Waals surface area (Å²) in [6.45, 7) is 2.40. The summed E-state index contributed by atoms with van der Waals surface area (Å²) >= 11 is 0. The minimum absolute atomic E-state index is 0.00415. The number of benzene rings is 1. The molecule has 0 amide bonds. The second-order valence-corrected chi connectivity index (χ2v) is 4.58. The maximum absolute atomic E-state index is 13.2. The zero-order valence-corrected chi connectivity index (χ0v) is 11.2. The highest BCUT2D eigenvalue weighted by atomic mass is 19.1. The van der Waals surface area contributed by atoms with Gasteiger partial charge in [-0.1, -0.05) is 19.1 Å². The van der Waals surface area contributed by atoms with Gasteiger partial charge in [-0.05, 0) is 24.1 Å². The van der Waals surface area contributed by atoms with E-state index in [1.165, 1.54) is 29.0 Å². The van der Waals surface area contributed by atoms with Gasteiger partial charge in [-0.15, -0.1) is 0 Å². The molecule has 2 N–H and O–H groups in total. The second kappa shape index (κ2) is 5.73. The molecule has 0 aliphatic heterocycles. The summed E-state index contributed by atoms with van der Waals surface area (Å²) < 4.78 is 15.6. The molecule has 0 saturated heterocycles. The van der Waals surface area contributed by atoms with Crippen LogP contribution in [0.25, 0.3) is 0 Å². The minimum Gasteiger partial charge on any atom is -0.393 e. The van der Waals surface area contributed by atoms with Crippen LogP contribution in [0.4, 0.5) is 10.1 Å². The highest BCUT2D eigenvalue weighted by Crippen LogP contribution is 2.04. The summed E-state index contributed by atoms with van der Waals surface area (Å²) in [6, 6.07) is 5.79. The van der Waals surface area contributed by atoms with Crippen molar-refractivity contribution in [3.8, 4) is 0 Å². The third-order valence-corrected chi connectivity index (χ3v) is 2.96. The van der Waals surface area contributed by atoms with Crippen molar-refractivity contribution in [2.24, 2.45) is 0 Å². The first kappa shape index (κ1) is 14.0. The van der Waals surface area contributed by atoms with Crippen molar-refractivity contribution < 1.29 is 4.39 Å². The molecule has 5 nitrogen and oxygen atoms in total. The van der Waals surface area contributed by atoms with Gasteiger partial charge in [0, 0.05) is 12.7 Å². The molecule has 20 heavy (non-hydrogen) atoms. The SMILES string of the molecule is CCCn1cc(N)c(=O)n(Cc2cccc(F)c2)c1=O. The van der Waals surface area contributed by atoms with Crippen LogP contribution in [0.1, 0.15) is 18.9 Å². The first-order chi connectivity index (χ1) is 9.52. The molecule has 2 aromatic rings. The predicted molar refractivity (Wildman–Crippen MR) is 75.2 cm³/mol. The monoisotopic (exact) mass is 277 g/mol. The lowest BCUT2D eigenvalue weighted by Gasteiger charge is -2.11. The van der Waals surface area contributed by atoms with Crippen LogP contribution in [0.3, 0.4) is 0 Å². The third-order valence-electron chi connectivity index (χ3n) is 2.96. The number of hydrogen-bond donors (Lipinski definition) is 1. The fourth-order valence-electron chi connectivity index (χ4n) is 2.03. The number of aryl methyl sites for hydroxylation is 1. The van der Waals surface area contributed by atoms with Crippen LogP contribution in [0, 0.1) is 5.82 Å². The van der Waals surface area contributed by atoms with Gasteiger partial charge in [0.25, 0.3) is 5.56 Å². The number of nitrogens with two attached hydrogens (primary N) is 1. The van der Waals surface area contributed by atoms with Crippen molar-refractivity contribution in [2.45, 2.75) is 26.4 Å². The highest BCUT2D eigenvalue weighted by Gasteiger charge is 2.09. The zero-order valence-electron chi connectivity index (χ0n) is 11.2. The molecule has 0 saturated carbocycles. The Hall–Kier alpha value is -2.37. The molecule has 6 heteroatoms. The number of aromatic nitrogens is 2. The minimum atomic E-state index is -0.549. The second-order valence-electron chi connectivity index (χ2n) is 4.58. The van der Waals surface area contributed by atoms with Gasteiger partial charge in [0.2, 0.25) is 0 Å². The average molecular weight is 277 g/mol. The van der Waals surface area contributed by atoms with Gasteiger partial charge in [-0.25, -0.2) is 9.18 Å². The molecule has 0 aliphatic carbocycles. The van der Waals surface area contributed by atoms with Crippen LogP contribution >= 0.6 is 0 Å². The fraction of sp³-hybridized carbons (Fsp3) is 0.286. The van der Waals surface area contributed by atoms with Gasteiger partial charge in [0.1, 0.15) is 11.5 Å². The van der Waals surface area contributed by atoms with Crippen LogP contribution < -0.4 is 17.0 Å². The molecule has 2 rings (SSSR count). The summed E-state index contributed by atoms with van der Waals surface area (Å²) in [5, 5.41) is 0. The Morgan fingerprint density at radius 1 is 1.30 bits per heavy atom. The summed E-state index contributed by atoms with van der Waals surface area (Å²) in [4.78, 5) is 24.2. The molecule has 0 spiro atoms. The number of hydrogen-bond acceptors (Lipinski definition) is 3. The summed E-state index contributed by atoms with van der Waals surface area (Å²) in [5.74, 6) is -0.409. The first-order valence-corrected chi connectivity index (χ1v) is 6.37. The Morgan fingerprint density at radius 2 is 2.05 bits per heavy atom.